The fourth-order valence-electron chi connectivity index (χ4n) is 3.21. The van der Waals surface area contributed by atoms with E-state index < -0.39 is 11.9 Å². The zero-order chi connectivity index (χ0) is 18.0. The zero-order valence-corrected chi connectivity index (χ0v) is 14.2. The summed E-state index contributed by atoms with van der Waals surface area (Å²) in [4.78, 5) is 25.8. The average Bonchev–Trinajstić information content (AvgIpc) is 3.03. The lowest BCUT2D eigenvalue weighted by atomic mass is 9.89. The zero-order valence-electron chi connectivity index (χ0n) is 13.4. The van der Waals surface area contributed by atoms with Gasteiger partial charge in [-0.15, -0.1) is 0 Å². The van der Waals surface area contributed by atoms with Crippen LogP contribution in [0.5, 0.6) is 5.75 Å². The highest BCUT2D eigenvalue weighted by atomic mass is 35.5. The molecule has 5 nitrogen and oxygen atoms in total. The molecule has 1 aliphatic rings. The van der Waals surface area contributed by atoms with Gasteiger partial charge in [0, 0.05) is 24.0 Å². The van der Waals surface area contributed by atoms with Crippen LogP contribution in [0, 0.1) is 5.92 Å². The number of phenolic OH excluding ortho intramolecular Hbond substituents is 1. The monoisotopic (exact) mass is 359 g/mol. The predicted molar refractivity (Wildman–Crippen MR) is 93.7 cm³/mol. The average molecular weight is 360 g/mol. The summed E-state index contributed by atoms with van der Waals surface area (Å²) in [5.41, 5.74) is 1.65. The summed E-state index contributed by atoms with van der Waals surface area (Å²) in [5, 5.41) is 19.4. The van der Waals surface area contributed by atoms with Gasteiger partial charge in [-0.2, -0.15) is 0 Å². The van der Waals surface area contributed by atoms with E-state index in [4.69, 9.17) is 11.6 Å². The Kier molecular flexibility index (Phi) is 4.95. The van der Waals surface area contributed by atoms with Crippen LogP contribution in [0.2, 0.25) is 5.02 Å². The minimum absolute atomic E-state index is 0.117. The summed E-state index contributed by atoms with van der Waals surface area (Å²) >= 11 is 5.90. The van der Waals surface area contributed by atoms with E-state index in [0.29, 0.717) is 11.6 Å². The largest absolute Gasteiger partial charge is 0.508 e. The van der Waals surface area contributed by atoms with Crippen molar-refractivity contribution in [3.05, 3.63) is 64.7 Å². The lowest BCUT2D eigenvalue weighted by Gasteiger charge is -2.17. The first-order chi connectivity index (χ1) is 11.9. The molecule has 25 heavy (non-hydrogen) atoms. The van der Waals surface area contributed by atoms with Gasteiger partial charge >= 0.3 is 5.97 Å². The second-order valence-corrected chi connectivity index (χ2v) is 6.68. The number of aromatic hydroxyl groups is 1. The van der Waals surface area contributed by atoms with Crippen LogP contribution in [-0.2, 0) is 16.0 Å². The molecule has 130 valence electrons. The Morgan fingerprint density at radius 1 is 1.04 bits per heavy atom. The van der Waals surface area contributed by atoms with E-state index in [2.05, 4.69) is 0 Å². The molecule has 0 saturated carbocycles. The lowest BCUT2D eigenvalue weighted by molar-refractivity contribution is -0.141. The van der Waals surface area contributed by atoms with E-state index in [9.17, 15) is 19.8 Å². The molecule has 1 amide bonds. The number of benzene rings is 2. The number of nitrogens with zero attached hydrogens (tertiary/aromatic N) is 1. The molecule has 0 unspecified atom stereocenters. The maximum Gasteiger partial charge on any atom is 0.308 e. The van der Waals surface area contributed by atoms with Gasteiger partial charge in [0.05, 0.1) is 12.3 Å². The van der Waals surface area contributed by atoms with Gasteiger partial charge in [0.2, 0.25) is 5.91 Å². The molecule has 1 saturated heterocycles. The van der Waals surface area contributed by atoms with Gasteiger partial charge in [-0.05, 0) is 35.4 Å². The van der Waals surface area contributed by atoms with Gasteiger partial charge in [0.1, 0.15) is 5.75 Å². The van der Waals surface area contributed by atoms with Crippen molar-refractivity contribution in [1.82, 2.24) is 4.90 Å². The summed E-state index contributed by atoms with van der Waals surface area (Å²) in [6.07, 6.45) is 0.181. The van der Waals surface area contributed by atoms with Crippen molar-refractivity contribution in [1.29, 1.82) is 0 Å². The number of halogens is 1. The number of carboxylic acids is 1. The molecule has 6 heteroatoms. The molecule has 0 spiro atoms. The van der Waals surface area contributed by atoms with Crippen LogP contribution in [0.15, 0.2) is 48.5 Å². The summed E-state index contributed by atoms with van der Waals surface area (Å²) in [6, 6.07) is 13.5. The van der Waals surface area contributed by atoms with Gasteiger partial charge in [-0.3, -0.25) is 9.59 Å². The molecule has 0 aromatic heterocycles. The molecule has 2 atom stereocenters. The number of hydrogen-bond donors (Lipinski definition) is 2. The number of rotatable bonds is 4. The molecule has 2 aromatic carbocycles. The van der Waals surface area contributed by atoms with Gasteiger partial charge in [-0.25, -0.2) is 0 Å². The fourth-order valence-corrected chi connectivity index (χ4v) is 3.33. The fraction of sp³-hybridized carbons (Fsp3) is 0.263. The Morgan fingerprint density at radius 3 is 2.28 bits per heavy atom. The molecule has 2 aromatic rings. The van der Waals surface area contributed by atoms with E-state index >= 15 is 0 Å². The van der Waals surface area contributed by atoms with Crippen molar-refractivity contribution >= 4 is 23.5 Å². The van der Waals surface area contributed by atoms with Crippen LogP contribution in [0.4, 0.5) is 0 Å². The van der Waals surface area contributed by atoms with Crippen molar-refractivity contribution in [2.45, 2.75) is 12.3 Å². The van der Waals surface area contributed by atoms with Gasteiger partial charge in [0.15, 0.2) is 0 Å². The first-order valence-electron chi connectivity index (χ1n) is 7.98. The SMILES string of the molecule is O=C(O)[C@@H]1CN(C(=O)Cc2ccc(O)cc2)C[C@H]1c1ccc(Cl)cc1. The molecule has 3 rings (SSSR count). The van der Waals surface area contributed by atoms with E-state index in [0.717, 1.165) is 11.1 Å². The third kappa shape index (κ3) is 3.94. The van der Waals surface area contributed by atoms with Gasteiger partial charge < -0.3 is 15.1 Å². The Morgan fingerprint density at radius 2 is 1.68 bits per heavy atom. The van der Waals surface area contributed by atoms with Crippen LogP contribution >= 0.6 is 11.6 Å². The summed E-state index contributed by atoms with van der Waals surface area (Å²) in [5.74, 6) is -1.76. The Hall–Kier alpha value is -2.53. The van der Waals surface area contributed by atoms with E-state index in [1.807, 2.05) is 12.1 Å². The lowest BCUT2D eigenvalue weighted by Crippen LogP contribution is -2.31. The smallest absolute Gasteiger partial charge is 0.308 e. The molecular weight excluding hydrogens is 342 g/mol. The topological polar surface area (TPSA) is 77.8 Å². The van der Waals surface area contributed by atoms with Crippen molar-refractivity contribution in [2.75, 3.05) is 13.1 Å². The number of phenols is 1. The normalized spacial score (nSPS) is 19.8. The summed E-state index contributed by atoms with van der Waals surface area (Å²) < 4.78 is 0. The highest BCUT2D eigenvalue weighted by Gasteiger charge is 2.40. The van der Waals surface area contributed by atoms with E-state index in [1.165, 1.54) is 12.1 Å². The van der Waals surface area contributed by atoms with Crippen molar-refractivity contribution in [3.8, 4) is 5.75 Å². The minimum Gasteiger partial charge on any atom is -0.508 e. The number of aliphatic carboxylic acids is 1. The molecular formula is C19H18ClNO4. The molecule has 0 radical (unpaired) electrons. The standard InChI is InChI=1S/C19H18ClNO4/c20-14-5-3-13(4-6-14)16-10-21(11-17(16)19(24)25)18(23)9-12-1-7-15(22)8-2-12/h1-8,16-17,22H,9-11H2,(H,24,25)/t16-,17+/m0/s1. The Bertz CT molecular complexity index is 773. The predicted octanol–water partition coefficient (Wildman–Crippen LogP) is 2.91. The second-order valence-electron chi connectivity index (χ2n) is 6.24. The van der Waals surface area contributed by atoms with Crippen LogP contribution in [-0.4, -0.2) is 40.1 Å². The number of carbonyl (C=O) groups is 2. The maximum atomic E-state index is 12.5. The number of amides is 1. The highest BCUT2D eigenvalue weighted by Crippen LogP contribution is 2.33. The van der Waals surface area contributed by atoms with Crippen molar-refractivity contribution in [3.63, 3.8) is 0 Å². The van der Waals surface area contributed by atoms with Crippen molar-refractivity contribution in [2.24, 2.45) is 5.92 Å². The Labute approximate surface area is 150 Å². The number of carbonyl (C=O) groups excluding carboxylic acids is 1. The summed E-state index contributed by atoms with van der Waals surface area (Å²) in [7, 11) is 0. The number of likely N-dealkylation sites (tertiary alicyclic amines) is 1. The highest BCUT2D eigenvalue weighted by molar-refractivity contribution is 6.30. The van der Waals surface area contributed by atoms with Crippen molar-refractivity contribution < 1.29 is 19.8 Å². The second kappa shape index (κ2) is 7.15. The minimum atomic E-state index is -0.903. The number of hydrogen-bond acceptors (Lipinski definition) is 3. The number of carboxylic acid groups (broad SMARTS) is 1. The van der Waals surface area contributed by atoms with Crippen LogP contribution in [0.25, 0.3) is 0 Å². The van der Waals surface area contributed by atoms with Crippen LogP contribution in [0.1, 0.15) is 17.0 Å². The Balaban J connectivity index is 1.75. The molecule has 0 bridgehead atoms. The van der Waals surface area contributed by atoms with Crippen LogP contribution < -0.4 is 0 Å². The van der Waals surface area contributed by atoms with E-state index in [1.54, 1.807) is 29.2 Å². The van der Waals surface area contributed by atoms with E-state index in [-0.39, 0.29) is 30.5 Å². The third-order valence-electron chi connectivity index (χ3n) is 4.58. The maximum absolute atomic E-state index is 12.5. The molecule has 2 N–H and O–H groups in total. The molecule has 1 heterocycles. The van der Waals surface area contributed by atoms with Gasteiger partial charge in [0.25, 0.3) is 0 Å². The molecule has 1 fully saturated rings. The first kappa shape index (κ1) is 17.3. The molecule has 1 aliphatic heterocycles. The van der Waals surface area contributed by atoms with Crippen LogP contribution in [0.3, 0.4) is 0 Å². The van der Waals surface area contributed by atoms with Gasteiger partial charge in [-0.1, -0.05) is 35.9 Å². The first-order valence-corrected chi connectivity index (χ1v) is 8.36. The molecule has 0 aliphatic carbocycles. The summed E-state index contributed by atoms with van der Waals surface area (Å²) in [6.45, 7) is 0.565. The quantitative estimate of drug-likeness (QED) is 0.879. The third-order valence-corrected chi connectivity index (χ3v) is 4.83.